The van der Waals surface area contributed by atoms with Crippen molar-refractivity contribution in [2.75, 3.05) is 0 Å². The molecule has 0 heterocycles. The molecule has 0 aliphatic heterocycles. The van der Waals surface area contributed by atoms with Gasteiger partial charge >= 0.3 is 0 Å². The van der Waals surface area contributed by atoms with Gasteiger partial charge in [-0.1, -0.05) is 92.9 Å². The summed E-state index contributed by atoms with van der Waals surface area (Å²) in [6.45, 7) is 15.3. The minimum absolute atomic E-state index is 0.929. The molecule has 2 saturated carbocycles. The first-order chi connectivity index (χ1) is 11.9. The smallest absolute Gasteiger partial charge is 0.0331 e. The highest BCUT2D eigenvalue weighted by Gasteiger charge is 2.40. The fourth-order valence-electron chi connectivity index (χ4n) is 6.94. The Kier molecular flexibility index (Phi) is 8.83. The second-order valence-corrected chi connectivity index (χ2v) is 10.5. The molecule has 0 aromatic rings. The van der Waals surface area contributed by atoms with Gasteiger partial charge in [-0.2, -0.15) is 0 Å². The molecule has 0 saturated heterocycles. The Bertz CT molecular complexity index is 359. The normalized spacial score (nSPS) is 42.7. The van der Waals surface area contributed by atoms with Gasteiger partial charge in [0.2, 0.25) is 0 Å². The van der Waals surface area contributed by atoms with E-state index < -0.39 is 0 Å². The molecule has 2 rings (SSSR count). The van der Waals surface area contributed by atoms with Gasteiger partial charge in [-0.15, -0.1) is 0 Å². The lowest BCUT2D eigenvalue weighted by atomic mass is 9.63. The Morgan fingerprint density at radius 2 is 1.40 bits per heavy atom. The summed E-state index contributed by atoms with van der Waals surface area (Å²) in [6.07, 6.45) is 16.2. The van der Waals surface area contributed by atoms with Crippen molar-refractivity contribution in [3.05, 3.63) is 0 Å². The lowest BCUT2D eigenvalue weighted by Crippen LogP contribution is -2.36. The number of hydrogen-bond donors (Lipinski definition) is 0. The van der Waals surface area contributed by atoms with Crippen LogP contribution in [0, 0.1) is 47.3 Å². The Morgan fingerprint density at radius 3 is 2.12 bits per heavy atom. The monoisotopic (exact) mass is 348 g/mol. The van der Waals surface area contributed by atoms with E-state index in [-0.39, 0.29) is 0 Å². The average molecular weight is 349 g/mol. The van der Waals surface area contributed by atoms with Gasteiger partial charge in [-0.25, -0.2) is 0 Å². The highest BCUT2D eigenvalue weighted by Crippen LogP contribution is 2.48. The van der Waals surface area contributed by atoms with Crippen molar-refractivity contribution in [2.24, 2.45) is 47.3 Å². The van der Waals surface area contributed by atoms with Crippen LogP contribution in [-0.4, -0.2) is 0 Å². The van der Waals surface area contributed by atoms with Crippen molar-refractivity contribution in [3.63, 3.8) is 0 Å². The zero-order valence-electron chi connectivity index (χ0n) is 18.4. The molecule has 8 unspecified atom stereocenters. The van der Waals surface area contributed by atoms with Gasteiger partial charge in [0.15, 0.2) is 0 Å². The van der Waals surface area contributed by atoms with E-state index in [0.717, 1.165) is 47.3 Å². The molecule has 0 nitrogen and oxygen atoms in total. The number of hydrogen-bond acceptors (Lipinski definition) is 0. The fraction of sp³-hybridized carbons (Fsp3) is 1.00. The van der Waals surface area contributed by atoms with Gasteiger partial charge in [0.25, 0.3) is 0 Å². The molecule has 2 aliphatic carbocycles. The highest BCUT2D eigenvalue weighted by molar-refractivity contribution is 4.89. The average Bonchev–Trinajstić information content (AvgIpc) is 2.70. The Labute approximate surface area is 159 Å². The molecular weight excluding hydrogens is 300 g/mol. The number of rotatable bonds is 4. The van der Waals surface area contributed by atoms with E-state index in [9.17, 15) is 0 Å². The SMILES string of the molecule is CCCC(C)C1CC(C)CCCC1C1C(C)CCCCC(C)CC1C. The predicted octanol–water partition coefficient (Wildman–Crippen LogP) is 8.35. The summed E-state index contributed by atoms with van der Waals surface area (Å²) in [4.78, 5) is 0. The van der Waals surface area contributed by atoms with Crippen LogP contribution < -0.4 is 0 Å². The first kappa shape index (κ1) is 21.3. The Hall–Kier alpha value is 0. The van der Waals surface area contributed by atoms with Crippen molar-refractivity contribution in [1.29, 1.82) is 0 Å². The van der Waals surface area contributed by atoms with E-state index in [2.05, 4.69) is 41.5 Å². The summed E-state index contributed by atoms with van der Waals surface area (Å²) < 4.78 is 0. The van der Waals surface area contributed by atoms with Crippen LogP contribution in [0.15, 0.2) is 0 Å². The van der Waals surface area contributed by atoms with E-state index in [1.165, 1.54) is 70.6 Å². The summed E-state index contributed by atoms with van der Waals surface area (Å²) in [5.74, 6) is 7.67. The third-order valence-electron chi connectivity index (χ3n) is 8.12. The van der Waals surface area contributed by atoms with Gasteiger partial charge < -0.3 is 0 Å². The van der Waals surface area contributed by atoms with Crippen LogP contribution in [0.1, 0.15) is 112 Å². The Balaban J connectivity index is 2.25. The van der Waals surface area contributed by atoms with E-state index in [1.807, 2.05) is 0 Å². The molecule has 0 radical (unpaired) electrons. The molecule has 0 heteroatoms. The van der Waals surface area contributed by atoms with Crippen LogP contribution in [0.5, 0.6) is 0 Å². The van der Waals surface area contributed by atoms with Gasteiger partial charge in [0.1, 0.15) is 0 Å². The first-order valence-electron chi connectivity index (χ1n) is 11.9. The predicted molar refractivity (Wildman–Crippen MR) is 113 cm³/mol. The second-order valence-electron chi connectivity index (χ2n) is 10.5. The van der Waals surface area contributed by atoms with Gasteiger partial charge in [-0.05, 0) is 66.6 Å². The van der Waals surface area contributed by atoms with Crippen LogP contribution in [0.25, 0.3) is 0 Å². The van der Waals surface area contributed by atoms with Crippen molar-refractivity contribution in [1.82, 2.24) is 0 Å². The minimum Gasteiger partial charge on any atom is -0.0654 e. The van der Waals surface area contributed by atoms with Gasteiger partial charge in [0, 0.05) is 0 Å². The summed E-state index contributed by atoms with van der Waals surface area (Å²) in [7, 11) is 0. The fourth-order valence-corrected chi connectivity index (χ4v) is 6.94. The highest BCUT2D eigenvalue weighted by atomic mass is 14.4. The van der Waals surface area contributed by atoms with Crippen molar-refractivity contribution in [2.45, 2.75) is 112 Å². The van der Waals surface area contributed by atoms with Crippen molar-refractivity contribution >= 4 is 0 Å². The first-order valence-corrected chi connectivity index (χ1v) is 11.9. The minimum atomic E-state index is 0.929. The second kappa shape index (κ2) is 10.4. The molecule has 8 atom stereocenters. The zero-order valence-corrected chi connectivity index (χ0v) is 18.4. The summed E-state index contributed by atoms with van der Waals surface area (Å²) in [6, 6.07) is 0. The molecule has 25 heavy (non-hydrogen) atoms. The standard InChI is InChI=1S/C25H48/c1-7-11-20(4)24-17-19(3)13-10-15-23(24)25-21(5)14-9-8-12-18(2)16-22(25)6/h18-25H,7-17H2,1-6H3. The molecule has 148 valence electrons. The summed E-state index contributed by atoms with van der Waals surface area (Å²) in [5.41, 5.74) is 0. The molecule has 0 spiro atoms. The van der Waals surface area contributed by atoms with Crippen LogP contribution in [0.4, 0.5) is 0 Å². The third-order valence-corrected chi connectivity index (χ3v) is 8.12. The van der Waals surface area contributed by atoms with E-state index in [4.69, 9.17) is 0 Å². The van der Waals surface area contributed by atoms with E-state index >= 15 is 0 Å². The van der Waals surface area contributed by atoms with Gasteiger partial charge in [0.05, 0.1) is 0 Å². The largest absolute Gasteiger partial charge is 0.0654 e. The molecule has 2 aliphatic rings. The molecule has 0 amide bonds. The summed E-state index contributed by atoms with van der Waals surface area (Å²) in [5, 5.41) is 0. The van der Waals surface area contributed by atoms with Crippen molar-refractivity contribution < 1.29 is 0 Å². The summed E-state index contributed by atoms with van der Waals surface area (Å²) >= 11 is 0. The maximum atomic E-state index is 2.62. The molecular formula is C25H48. The maximum absolute atomic E-state index is 2.62. The quantitative estimate of drug-likeness (QED) is 0.448. The van der Waals surface area contributed by atoms with Crippen LogP contribution in [-0.2, 0) is 0 Å². The molecule has 0 N–H and O–H groups in total. The topological polar surface area (TPSA) is 0 Å². The van der Waals surface area contributed by atoms with Crippen LogP contribution in [0.2, 0.25) is 0 Å². The molecule has 0 aromatic carbocycles. The Morgan fingerprint density at radius 1 is 0.760 bits per heavy atom. The maximum Gasteiger partial charge on any atom is -0.0331 e. The van der Waals surface area contributed by atoms with Gasteiger partial charge in [-0.3, -0.25) is 0 Å². The van der Waals surface area contributed by atoms with Crippen molar-refractivity contribution in [3.8, 4) is 0 Å². The molecule has 0 bridgehead atoms. The van der Waals surface area contributed by atoms with Crippen LogP contribution in [0.3, 0.4) is 0 Å². The van der Waals surface area contributed by atoms with E-state index in [1.54, 1.807) is 0 Å². The lowest BCUT2D eigenvalue weighted by molar-refractivity contribution is 0.0625. The van der Waals surface area contributed by atoms with E-state index in [0.29, 0.717) is 0 Å². The molecule has 2 fully saturated rings. The zero-order chi connectivity index (χ0) is 18.4. The third kappa shape index (κ3) is 6.00. The van der Waals surface area contributed by atoms with Crippen LogP contribution >= 0.6 is 0 Å². The lowest BCUT2D eigenvalue weighted by Gasteiger charge is -2.43. The molecule has 0 aromatic heterocycles.